The molecule has 0 radical (unpaired) electrons. The van der Waals surface area contributed by atoms with Crippen LogP contribution in [-0.2, 0) is 9.59 Å². The monoisotopic (exact) mass is 328 g/mol. The topological polar surface area (TPSA) is 58.2 Å². The highest BCUT2D eigenvalue weighted by Crippen LogP contribution is 2.24. The van der Waals surface area contributed by atoms with Crippen molar-refractivity contribution >= 4 is 40.7 Å². The average molecular weight is 329 g/mol. The number of amides is 2. The van der Waals surface area contributed by atoms with Crippen molar-refractivity contribution in [2.75, 3.05) is 5.32 Å². The summed E-state index contributed by atoms with van der Waals surface area (Å²) in [5.74, 6) is -0.924. The normalized spacial score (nSPS) is 21.7. The molecule has 4 nitrogen and oxygen atoms in total. The standard InChI is InChI=1S/C15H18Cl2N2O2/c1-9-4-2-3-5-13(9)19-15(21)14(20)18-12-7-10(16)6-11(17)8-12/h6-9,13H,2-5H2,1H3,(H,18,20)(H,19,21)/t9-,13+/m0/s1. The maximum atomic E-state index is 11.9. The van der Waals surface area contributed by atoms with Crippen LogP contribution in [0.2, 0.25) is 10.0 Å². The molecule has 114 valence electrons. The summed E-state index contributed by atoms with van der Waals surface area (Å²) in [4.78, 5) is 23.8. The Morgan fingerprint density at radius 2 is 1.67 bits per heavy atom. The number of hydrogen-bond acceptors (Lipinski definition) is 2. The van der Waals surface area contributed by atoms with Gasteiger partial charge in [0.1, 0.15) is 0 Å². The minimum Gasteiger partial charge on any atom is -0.345 e. The number of hydrogen-bond donors (Lipinski definition) is 2. The summed E-state index contributed by atoms with van der Waals surface area (Å²) in [6, 6.07) is 4.71. The van der Waals surface area contributed by atoms with E-state index >= 15 is 0 Å². The lowest BCUT2D eigenvalue weighted by molar-refractivity contribution is -0.137. The summed E-state index contributed by atoms with van der Waals surface area (Å²) in [5, 5.41) is 6.11. The average Bonchev–Trinajstić information content (AvgIpc) is 2.40. The van der Waals surface area contributed by atoms with E-state index in [1.54, 1.807) is 18.2 Å². The van der Waals surface area contributed by atoms with Crippen LogP contribution in [0, 0.1) is 5.92 Å². The Kier molecular flexibility index (Phi) is 5.48. The maximum absolute atomic E-state index is 11.9. The van der Waals surface area contributed by atoms with E-state index in [2.05, 4.69) is 17.6 Å². The first-order valence-corrected chi connectivity index (χ1v) is 7.79. The van der Waals surface area contributed by atoms with Crippen LogP contribution in [0.15, 0.2) is 18.2 Å². The maximum Gasteiger partial charge on any atom is 0.313 e. The third kappa shape index (κ3) is 4.61. The van der Waals surface area contributed by atoms with Crippen molar-refractivity contribution in [3.05, 3.63) is 28.2 Å². The van der Waals surface area contributed by atoms with E-state index in [1.165, 1.54) is 6.42 Å². The SMILES string of the molecule is C[C@H]1CCCC[C@H]1NC(=O)C(=O)Nc1cc(Cl)cc(Cl)c1. The van der Waals surface area contributed by atoms with Crippen LogP contribution in [0.3, 0.4) is 0 Å². The molecule has 1 saturated carbocycles. The van der Waals surface area contributed by atoms with E-state index in [4.69, 9.17) is 23.2 Å². The molecule has 0 bridgehead atoms. The van der Waals surface area contributed by atoms with Crippen molar-refractivity contribution in [1.82, 2.24) is 5.32 Å². The van der Waals surface area contributed by atoms with Gasteiger partial charge in [0.15, 0.2) is 0 Å². The highest BCUT2D eigenvalue weighted by molar-refractivity contribution is 6.40. The molecule has 0 spiro atoms. The molecule has 2 N–H and O–H groups in total. The van der Waals surface area contributed by atoms with Gasteiger partial charge in [-0.15, -0.1) is 0 Å². The van der Waals surface area contributed by atoms with Gasteiger partial charge in [-0.25, -0.2) is 0 Å². The largest absolute Gasteiger partial charge is 0.345 e. The van der Waals surface area contributed by atoms with Crippen molar-refractivity contribution in [3.8, 4) is 0 Å². The summed E-state index contributed by atoms with van der Waals surface area (Å²) in [6.45, 7) is 2.10. The predicted octanol–water partition coefficient (Wildman–Crippen LogP) is 3.63. The van der Waals surface area contributed by atoms with Gasteiger partial charge in [-0.3, -0.25) is 9.59 Å². The fraction of sp³-hybridized carbons (Fsp3) is 0.467. The number of rotatable bonds is 2. The number of carbonyl (C=O) groups is 2. The van der Waals surface area contributed by atoms with Gasteiger partial charge in [-0.1, -0.05) is 43.0 Å². The highest BCUT2D eigenvalue weighted by atomic mass is 35.5. The lowest BCUT2D eigenvalue weighted by Crippen LogP contribution is -2.45. The Morgan fingerprint density at radius 1 is 1.05 bits per heavy atom. The summed E-state index contributed by atoms with van der Waals surface area (Å²) in [5.41, 5.74) is 0.407. The van der Waals surface area contributed by atoms with Gasteiger partial charge in [-0.05, 0) is 37.0 Å². The molecular weight excluding hydrogens is 311 g/mol. The summed E-state index contributed by atoms with van der Waals surface area (Å²) < 4.78 is 0. The van der Waals surface area contributed by atoms with Crippen molar-refractivity contribution in [2.24, 2.45) is 5.92 Å². The first-order valence-electron chi connectivity index (χ1n) is 7.03. The smallest absolute Gasteiger partial charge is 0.313 e. The molecule has 6 heteroatoms. The van der Waals surface area contributed by atoms with Gasteiger partial charge >= 0.3 is 11.8 Å². The van der Waals surface area contributed by atoms with Gasteiger partial charge in [0.05, 0.1) is 0 Å². The van der Waals surface area contributed by atoms with Crippen molar-refractivity contribution in [1.29, 1.82) is 0 Å². The predicted molar refractivity (Wildman–Crippen MR) is 84.7 cm³/mol. The van der Waals surface area contributed by atoms with E-state index in [9.17, 15) is 9.59 Å². The van der Waals surface area contributed by atoms with Crippen LogP contribution < -0.4 is 10.6 Å². The molecule has 0 unspecified atom stereocenters. The number of carbonyl (C=O) groups excluding carboxylic acids is 2. The first-order chi connectivity index (χ1) is 9.95. The fourth-order valence-corrected chi connectivity index (χ4v) is 3.10. The molecular formula is C15H18Cl2N2O2. The summed E-state index contributed by atoms with van der Waals surface area (Å²) in [7, 11) is 0. The van der Waals surface area contributed by atoms with E-state index in [0.29, 0.717) is 21.7 Å². The van der Waals surface area contributed by atoms with Gasteiger partial charge < -0.3 is 10.6 Å². The van der Waals surface area contributed by atoms with Gasteiger partial charge in [0, 0.05) is 21.8 Å². The first kappa shape index (κ1) is 16.1. The van der Waals surface area contributed by atoms with Crippen molar-refractivity contribution in [3.63, 3.8) is 0 Å². The molecule has 1 fully saturated rings. The molecule has 2 atom stereocenters. The quantitative estimate of drug-likeness (QED) is 0.814. The van der Waals surface area contributed by atoms with Crippen LogP contribution >= 0.6 is 23.2 Å². The molecule has 0 aromatic heterocycles. The minimum atomic E-state index is -0.703. The zero-order chi connectivity index (χ0) is 15.4. The molecule has 0 heterocycles. The van der Waals surface area contributed by atoms with E-state index in [-0.39, 0.29) is 6.04 Å². The van der Waals surface area contributed by atoms with Crippen LogP contribution in [0.1, 0.15) is 32.6 Å². The molecule has 1 aliphatic carbocycles. The third-order valence-electron chi connectivity index (χ3n) is 3.75. The van der Waals surface area contributed by atoms with Crippen molar-refractivity contribution in [2.45, 2.75) is 38.6 Å². The summed E-state index contributed by atoms with van der Waals surface area (Å²) in [6.07, 6.45) is 4.27. The molecule has 0 aliphatic heterocycles. The van der Waals surface area contributed by atoms with E-state index in [1.807, 2.05) is 0 Å². The summed E-state index contributed by atoms with van der Waals surface area (Å²) >= 11 is 11.7. The molecule has 1 aromatic carbocycles. The zero-order valence-corrected chi connectivity index (χ0v) is 13.3. The van der Waals surface area contributed by atoms with E-state index < -0.39 is 11.8 Å². The molecule has 21 heavy (non-hydrogen) atoms. The zero-order valence-electron chi connectivity index (χ0n) is 11.8. The second-order valence-electron chi connectivity index (χ2n) is 5.45. The Labute approximate surface area is 134 Å². The Balaban J connectivity index is 1.94. The number of nitrogens with one attached hydrogen (secondary N) is 2. The number of anilines is 1. The molecule has 0 saturated heterocycles. The van der Waals surface area contributed by atoms with Crippen LogP contribution in [0.5, 0.6) is 0 Å². The Morgan fingerprint density at radius 3 is 2.29 bits per heavy atom. The molecule has 2 rings (SSSR count). The van der Waals surface area contributed by atoms with Crippen LogP contribution in [0.25, 0.3) is 0 Å². The highest BCUT2D eigenvalue weighted by Gasteiger charge is 2.25. The number of benzene rings is 1. The lowest BCUT2D eigenvalue weighted by atomic mass is 9.86. The van der Waals surface area contributed by atoms with Gasteiger partial charge in [-0.2, -0.15) is 0 Å². The van der Waals surface area contributed by atoms with E-state index in [0.717, 1.165) is 19.3 Å². The van der Waals surface area contributed by atoms with Crippen LogP contribution in [0.4, 0.5) is 5.69 Å². The molecule has 2 amide bonds. The molecule has 1 aromatic rings. The second kappa shape index (κ2) is 7.14. The Hall–Kier alpha value is -1.26. The van der Waals surface area contributed by atoms with Gasteiger partial charge in [0.2, 0.25) is 0 Å². The molecule has 1 aliphatic rings. The lowest BCUT2D eigenvalue weighted by Gasteiger charge is -2.29. The fourth-order valence-electron chi connectivity index (χ4n) is 2.58. The Bertz CT molecular complexity index is 528. The van der Waals surface area contributed by atoms with Crippen LogP contribution in [-0.4, -0.2) is 17.9 Å². The van der Waals surface area contributed by atoms with Crippen molar-refractivity contribution < 1.29 is 9.59 Å². The third-order valence-corrected chi connectivity index (χ3v) is 4.19. The minimum absolute atomic E-state index is 0.0694. The van der Waals surface area contributed by atoms with Gasteiger partial charge in [0.25, 0.3) is 0 Å². The number of halogens is 2. The second-order valence-corrected chi connectivity index (χ2v) is 6.33.